The van der Waals surface area contributed by atoms with Crippen LogP contribution in [0.1, 0.15) is 22.8 Å². The summed E-state index contributed by atoms with van der Waals surface area (Å²) in [6.45, 7) is 4.87. The van der Waals surface area contributed by atoms with Crippen molar-refractivity contribution in [2.45, 2.75) is 18.7 Å². The lowest BCUT2D eigenvalue weighted by Crippen LogP contribution is -2.40. The fraction of sp³-hybridized carbons (Fsp3) is 0.364. The molecule has 0 aliphatic carbocycles. The van der Waals surface area contributed by atoms with Gasteiger partial charge in [0.2, 0.25) is 10.0 Å². The fourth-order valence-electron chi connectivity index (χ4n) is 3.12. The summed E-state index contributed by atoms with van der Waals surface area (Å²) in [5.74, 6) is -0.402. The Kier molecular flexibility index (Phi) is 7.84. The molecule has 0 unspecified atom stereocenters. The minimum atomic E-state index is -3.60. The Bertz CT molecular complexity index is 1060. The van der Waals surface area contributed by atoms with E-state index in [-0.39, 0.29) is 18.1 Å². The largest absolute Gasteiger partial charge is 0.483 e. The van der Waals surface area contributed by atoms with Crippen LogP contribution >= 0.6 is 0 Å². The predicted molar refractivity (Wildman–Crippen MR) is 117 cm³/mol. The van der Waals surface area contributed by atoms with Crippen molar-refractivity contribution in [3.8, 4) is 5.75 Å². The first-order chi connectivity index (χ1) is 15.3. The molecule has 1 heterocycles. The summed E-state index contributed by atoms with van der Waals surface area (Å²) in [7, 11) is -3.60. The molecule has 0 atom stereocenters. The Morgan fingerprint density at radius 2 is 1.78 bits per heavy atom. The van der Waals surface area contributed by atoms with E-state index in [1.807, 2.05) is 0 Å². The number of nitrogens with zero attached hydrogens (tertiary/aromatic N) is 1. The number of amides is 1. The van der Waals surface area contributed by atoms with Crippen molar-refractivity contribution in [3.05, 3.63) is 53.6 Å². The molecule has 3 rings (SSSR count). The molecule has 9 nitrogen and oxygen atoms in total. The molecule has 1 aliphatic heterocycles. The van der Waals surface area contributed by atoms with Crippen LogP contribution in [0.2, 0.25) is 0 Å². The zero-order chi connectivity index (χ0) is 23.1. The van der Waals surface area contributed by atoms with Gasteiger partial charge in [-0.15, -0.1) is 0 Å². The molecule has 0 spiro atoms. The Morgan fingerprint density at radius 1 is 1.09 bits per heavy atom. The van der Waals surface area contributed by atoms with E-state index < -0.39 is 21.9 Å². The molecule has 2 aromatic rings. The molecular formula is C22H26N2O7S. The van der Waals surface area contributed by atoms with Crippen LogP contribution in [0.15, 0.2) is 47.4 Å². The number of benzene rings is 2. The Hall–Kier alpha value is -2.95. The zero-order valence-electron chi connectivity index (χ0n) is 18.0. The van der Waals surface area contributed by atoms with Crippen molar-refractivity contribution in [2.24, 2.45) is 0 Å². The van der Waals surface area contributed by atoms with E-state index in [4.69, 9.17) is 14.2 Å². The molecule has 1 amide bonds. The van der Waals surface area contributed by atoms with Crippen molar-refractivity contribution in [1.29, 1.82) is 0 Å². The van der Waals surface area contributed by atoms with Gasteiger partial charge < -0.3 is 19.5 Å². The SMILES string of the molecule is CCOC(=O)c1ccc(NC(=O)COc2ccc(S(=O)(=O)N3CCOCC3)cc2C)cc1. The minimum absolute atomic E-state index is 0.176. The van der Waals surface area contributed by atoms with Crippen molar-refractivity contribution >= 4 is 27.6 Å². The van der Waals surface area contributed by atoms with Crippen LogP contribution < -0.4 is 10.1 Å². The van der Waals surface area contributed by atoms with Crippen LogP contribution in [-0.4, -0.2) is 64.1 Å². The number of aryl methyl sites for hydroxylation is 1. The summed E-state index contributed by atoms with van der Waals surface area (Å²) in [4.78, 5) is 24.1. The first-order valence-electron chi connectivity index (χ1n) is 10.2. The summed E-state index contributed by atoms with van der Waals surface area (Å²) >= 11 is 0. The first kappa shape index (κ1) is 23.7. The third-order valence-corrected chi connectivity index (χ3v) is 6.69. The van der Waals surface area contributed by atoms with Gasteiger partial charge in [0.1, 0.15) is 5.75 Å². The maximum absolute atomic E-state index is 12.8. The molecule has 1 fully saturated rings. The van der Waals surface area contributed by atoms with Gasteiger partial charge in [0.15, 0.2) is 6.61 Å². The zero-order valence-corrected chi connectivity index (χ0v) is 18.8. The number of carbonyl (C=O) groups is 2. The van der Waals surface area contributed by atoms with Crippen LogP contribution in [0.5, 0.6) is 5.75 Å². The second-order valence-electron chi connectivity index (χ2n) is 7.08. The third kappa shape index (κ3) is 5.84. The third-order valence-electron chi connectivity index (χ3n) is 4.79. The summed E-state index contributed by atoms with van der Waals surface area (Å²) < 4.78 is 42.6. The smallest absolute Gasteiger partial charge is 0.338 e. The minimum Gasteiger partial charge on any atom is -0.483 e. The number of morpholine rings is 1. The second kappa shape index (κ2) is 10.6. The Morgan fingerprint density at radius 3 is 2.41 bits per heavy atom. The fourth-order valence-corrected chi connectivity index (χ4v) is 4.62. The van der Waals surface area contributed by atoms with Gasteiger partial charge in [0, 0.05) is 18.8 Å². The average Bonchev–Trinajstić information content (AvgIpc) is 2.79. The van der Waals surface area contributed by atoms with Crippen molar-refractivity contribution in [2.75, 3.05) is 44.8 Å². The number of sulfonamides is 1. The molecule has 1 N–H and O–H groups in total. The molecule has 1 saturated heterocycles. The molecule has 32 heavy (non-hydrogen) atoms. The topological polar surface area (TPSA) is 111 Å². The molecule has 0 saturated carbocycles. The number of ether oxygens (including phenoxy) is 3. The molecule has 0 bridgehead atoms. The number of carbonyl (C=O) groups excluding carboxylic acids is 2. The summed E-state index contributed by atoms with van der Waals surface area (Å²) in [6.07, 6.45) is 0. The summed E-state index contributed by atoms with van der Waals surface area (Å²) in [5, 5.41) is 2.68. The monoisotopic (exact) mass is 462 g/mol. The molecule has 0 aromatic heterocycles. The van der Waals surface area contributed by atoms with E-state index >= 15 is 0 Å². The summed E-state index contributed by atoms with van der Waals surface area (Å²) in [6, 6.07) is 10.9. The van der Waals surface area contributed by atoms with Crippen LogP contribution in [0.3, 0.4) is 0 Å². The van der Waals surface area contributed by atoms with Crippen molar-refractivity contribution in [1.82, 2.24) is 4.31 Å². The number of esters is 1. The molecule has 0 radical (unpaired) electrons. The number of nitrogens with one attached hydrogen (secondary N) is 1. The lowest BCUT2D eigenvalue weighted by molar-refractivity contribution is -0.118. The second-order valence-corrected chi connectivity index (χ2v) is 9.02. The first-order valence-corrected chi connectivity index (χ1v) is 11.6. The van der Waals surface area contributed by atoms with Crippen molar-refractivity contribution < 1.29 is 32.2 Å². The number of hydrogen-bond acceptors (Lipinski definition) is 7. The van der Waals surface area contributed by atoms with E-state index in [0.717, 1.165) is 0 Å². The molecule has 10 heteroatoms. The number of rotatable bonds is 8. The average molecular weight is 463 g/mol. The van der Waals surface area contributed by atoms with E-state index in [9.17, 15) is 18.0 Å². The van der Waals surface area contributed by atoms with Crippen LogP contribution in [0.25, 0.3) is 0 Å². The van der Waals surface area contributed by atoms with Gasteiger partial charge in [-0.2, -0.15) is 4.31 Å². The van der Waals surface area contributed by atoms with E-state index in [1.54, 1.807) is 44.2 Å². The lowest BCUT2D eigenvalue weighted by atomic mass is 10.2. The maximum atomic E-state index is 12.8. The quantitative estimate of drug-likeness (QED) is 0.599. The van der Waals surface area contributed by atoms with E-state index in [2.05, 4.69) is 5.32 Å². The summed E-state index contributed by atoms with van der Waals surface area (Å²) in [5.41, 5.74) is 1.50. The normalized spacial score (nSPS) is 14.6. The predicted octanol–water partition coefficient (Wildman–Crippen LogP) is 2.21. The Labute approximate surface area is 187 Å². The van der Waals surface area contributed by atoms with Gasteiger partial charge in [-0.1, -0.05) is 0 Å². The number of anilines is 1. The highest BCUT2D eigenvalue weighted by Crippen LogP contribution is 2.24. The highest BCUT2D eigenvalue weighted by Gasteiger charge is 2.26. The van der Waals surface area contributed by atoms with Crippen LogP contribution in [-0.2, 0) is 24.3 Å². The van der Waals surface area contributed by atoms with Crippen LogP contribution in [0.4, 0.5) is 5.69 Å². The number of hydrogen-bond donors (Lipinski definition) is 1. The Balaban J connectivity index is 1.57. The maximum Gasteiger partial charge on any atom is 0.338 e. The van der Waals surface area contributed by atoms with Gasteiger partial charge in [-0.25, -0.2) is 13.2 Å². The molecular weight excluding hydrogens is 436 g/mol. The van der Waals surface area contributed by atoms with E-state index in [1.165, 1.54) is 16.4 Å². The van der Waals surface area contributed by atoms with E-state index in [0.29, 0.717) is 48.9 Å². The molecule has 172 valence electrons. The van der Waals surface area contributed by atoms with Gasteiger partial charge >= 0.3 is 5.97 Å². The standard InChI is InChI=1S/C22H26N2O7S/c1-3-30-22(26)17-4-6-18(7-5-17)23-21(25)15-31-20-9-8-19(14-16(20)2)32(27,28)24-10-12-29-13-11-24/h4-9,14H,3,10-13,15H2,1-2H3,(H,23,25). The van der Waals surface area contributed by atoms with Crippen molar-refractivity contribution in [3.63, 3.8) is 0 Å². The van der Waals surface area contributed by atoms with Crippen LogP contribution in [0, 0.1) is 6.92 Å². The molecule has 2 aromatic carbocycles. The highest BCUT2D eigenvalue weighted by atomic mass is 32.2. The highest BCUT2D eigenvalue weighted by molar-refractivity contribution is 7.89. The van der Waals surface area contributed by atoms with Gasteiger partial charge in [-0.3, -0.25) is 4.79 Å². The van der Waals surface area contributed by atoms with Gasteiger partial charge in [-0.05, 0) is 61.9 Å². The van der Waals surface area contributed by atoms with Gasteiger partial charge in [0.05, 0.1) is 30.3 Å². The van der Waals surface area contributed by atoms with Gasteiger partial charge in [0.25, 0.3) is 5.91 Å². The lowest BCUT2D eigenvalue weighted by Gasteiger charge is -2.26. The molecule has 1 aliphatic rings.